The standard InChI is InChI=1S/C14H16BrN3O2/c15-11-1-2-13-12(9-11)14(19)18(10-16-13)4-3-17-5-7-20-8-6-17/h1-2,9-10H,3-8H2. The van der Waals surface area contributed by atoms with Crippen LogP contribution in [-0.4, -0.2) is 47.3 Å². The monoisotopic (exact) mass is 337 g/mol. The quantitative estimate of drug-likeness (QED) is 0.851. The van der Waals surface area contributed by atoms with E-state index < -0.39 is 0 Å². The lowest BCUT2D eigenvalue weighted by molar-refractivity contribution is 0.0362. The summed E-state index contributed by atoms with van der Waals surface area (Å²) in [6.07, 6.45) is 1.64. The zero-order valence-electron chi connectivity index (χ0n) is 11.1. The van der Waals surface area contributed by atoms with E-state index in [0.29, 0.717) is 11.9 Å². The number of ether oxygens (including phenoxy) is 1. The van der Waals surface area contributed by atoms with Gasteiger partial charge >= 0.3 is 0 Å². The van der Waals surface area contributed by atoms with E-state index in [1.807, 2.05) is 18.2 Å². The Kier molecular flexibility index (Phi) is 4.14. The highest BCUT2D eigenvalue weighted by Gasteiger charge is 2.11. The third-order valence-electron chi connectivity index (χ3n) is 3.55. The van der Waals surface area contributed by atoms with E-state index in [1.165, 1.54) is 0 Å². The highest BCUT2D eigenvalue weighted by molar-refractivity contribution is 9.10. The number of rotatable bonds is 3. The zero-order valence-corrected chi connectivity index (χ0v) is 12.7. The van der Waals surface area contributed by atoms with Crippen LogP contribution in [0.3, 0.4) is 0 Å². The molecule has 0 saturated carbocycles. The lowest BCUT2D eigenvalue weighted by Gasteiger charge is -2.26. The van der Waals surface area contributed by atoms with Crippen LogP contribution in [0.25, 0.3) is 10.9 Å². The molecule has 0 bridgehead atoms. The lowest BCUT2D eigenvalue weighted by atomic mass is 10.2. The van der Waals surface area contributed by atoms with Gasteiger partial charge in [0.25, 0.3) is 5.56 Å². The molecule has 106 valence electrons. The van der Waals surface area contributed by atoms with E-state index in [9.17, 15) is 4.79 Å². The predicted octanol–water partition coefficient (Wildman–Crippen LogP) is 1.49. The second kappa shape index (κ2) is 6.03. The Bertz CT molecular complexity index is 665. The van der Waals surface area contributed by atoms with E-state index >= 15 is 0 Å². The van der Waals surface area contributed by atoms with E-state index in [0.717, 1.165) is 42.8 Å². The number of halogens is 1. The van der Waals surface area contributed by atoms with Crippen molar-refractivity contribution < 1.29 is 4.74 Å². The van der Waals surface area contributed by atoms with Crippen molar-refractivity contribution in [1.29, 1.82) is 0 Å². The molecule has 2 aromatic rings. The summed E-state index contributed by atoms with van der Waals surface area (Å²) in [4.78, 5) is 19.1. The largest absolute Gasteiger partial charge is 0.379 e. The summed E-state index contributed by atoms with van der Waals surface area (Å²) in [5.74, 6) is 0. The second-order valence-corrected chi connectivity index (χ2v) is 5.77. The number of hydrogen-bond acceptors (Lipinski definition) is 4. The van der Waals surface area contributed by atoms with Crippen LogP contribution >= 0.6 is 15.9 Å². The molecule has 0 amide bonds. The minimum Gasteiger partial charge on any atom is -0.379 e. The highest BCUT2D eigenvalue weighted by Crippen LogP contribution is 2.14. The molecule has 1 fully saturated rings. The lowest BCUT2D eigenvalue weighted by Crippen LogP contribution is -2.39. The smallest absolute Gasteiger partial charge is 0.261 e. The van der Waals surface area contributed by atoms with E-state index in [-0.39, 0.29) is 5.56 Å². The molecule has 3 rings (SSSR count). The first-order valence-corrected chi connectivity index (χ1v) is 7.48. The summed E-state index contributed by atoms with van der Waals surface area (Å²) in [6.45, 7) is 4.93. The molecule has 0 spiro atoms. The first kappa shape index (κ1) is 13.7. The van der Waals surface area contributed by atoms with Crippen LogP contribution in [0.1, 0.15) is 0 Å². The van der Waals surface area contributed by atoms with Crippen LogP contribution in [0.5, 0.6) is 0 Å². The Hall–Kier alpha value is -1.24. The molecule has 1 aliphatic heterocycles. The number of hydrogen-bond donors (Lipinski definition) is 0. The normalized spacial score (nSPS) is 16.6. The highest BCUT2D eigenvalue weighted by atomic mass is 79.9. The summed E-state index contributed by atoms with van der Waals surface area (Å²) in [5, 5.41) is 0.656. The van der Waals surface area contributed by atoms with E-state index in [4.69, 9.17) is 4.74 Å². The summed E-state index contributed by atoms with van der Waals surface area (Å²) in [6, 6.07) is 5.58. The van der Waals surface area contributed by atoms with Crippen molar-refractivity contribution in [3.63, 3.8) is 0 Å². The molecule has 0 N–H and O–H groups in total. The average Bonchev–Trinajstić information content (AvgIpc) is 2.48. The number of aromatic nitrogens is 2. The molecule has 0 unspecified atom stereocenters. The Morgan fingerprint density at radius 1 is 1.25 bits per heavy atom. The van der Waals surface area contributed by atoms with Crippen molar-refractivity contribution in [3.05, 3.63) is 39.4 Å². The third-order valence-corrected chi connectivity index (χ3v) is 4.04. The Labute approximate surface area is 125 Å². The van der Waals surface area contributed by atoms with Crippen LogP contribution in [0.2, 0.25) is 0 Å². The topological polar surface area (TPSA) is 47.4 Å². The van der Waals surface area contributed by atoms with Gasteiger partial charge in [-0.2, -0.15) is 0 Å². The van der Waals surface area contributed by atoms with Gasteiger partial charge in [0.05, 0.1) is 30.4 Å². The van der Waals surface area contributed by atoms with Crippen molar-refractivity contribution in [1.82, 2.24) is 14.5 Å². The second-order valence-electron chi connectivity index (χ2n) is 4.86. The fraction of sp³-hybridized carbons (Fsp3) is 0.429. The van der Waals surface area contributed by atoms with Gasteiger partial charge in [0.15, 0.2) is 0 Å². The maximum atomic E-state index is 12.4. The number of morpholine rings is 1. The SMILES string of the molecule is O=c1c2cc(Br)ccc2ncn1CCN1CCOCC1. The average molecular weight is 338 g/mol. The van der Waals surface area contributed by atoms with Gasteiger partial charge in [-0.3, -0.25) is 14.3 Å². The van der Waals surface area contributed by atoms with Crippen LogP contribution in [-0.2, 0) is 11.3 Å². The number of fused-ring (bicyclic) bond motifs is 1. The summed E-state index contributed by atoms with van der Waals surface area (Å²) in [5.41, 5.74) is 0.755. The molecular weight excluding hydrogens is 322 g/mol. The van der Waals surface area contributed by atoms with Gasteiger partial charge in [-0.25, -0.2) is 4.98 Å². The van der Waals surface area contributed by atoms with Crippen molar-refractivity contribution >= 4 is 26.8 Å². The van der Waals surface area contributed by atoms with Gasteiger partial charge in [-0.15, -0.1) is 0 Å². The predicted molar refractivity (Wildman–Crippen MR) is 81.0 cm³/mol. The van der Waals surface area contributed by atoms with Crippen LogP contribution in [0, 0.1) is 0 Å². The Morgan fingerprint density at radius 3 is 2.85 bits per heavy atom. The Balaban J connectivity index is 1.81. The zero-order chi connectivity index (χ0) is 13.9. The van der Waals surface area contributed by atoms with Gasteiger partial charge in [0.2, 0.25) is 0 Å². The molecule has 20 heavy (non-hydrogen) atoms. The van der Waals surface area contributed by atoms with Crippen molar-refractivity contribution in [2.24, 2.45) is 0 Å². The molecule has 1 saturated heterocycles. The van der Waals surface area contributed by atoms with Gasteiger partial charge in [-0.05, 0) is 18.2 Å². The van der Waals surface area contributed by atoms with Gasteiger partial charge < -0.3 is 4.74 Å². The molecule has 1 aliphatic rings. The minimum absolute atomic E-state index is 0.0181. The summed E-state index contributed by atoms with van der Waals surface area (Å²) < 4.78 is 7.90. The Morgan fingerprint density at radius 2 is 2.05 bits per heavy atom. The third kappa shape index (κ3) is 2.92. The van der Waals surface area contributed by atoms with Crippen LogP contribution in [0.4, 0.5) is 0 Å². The molecule has 1 aromatic heterocycles. The van der Waals surface area contributed by atoms with Crippen molar-refractivity contribution in [2.45, 2.75) is 6.54 Å². The first-order valence-electron chi connectivity index (χ1n) is 6.69. The molecule has 0 aliphatic carbocycles. The number of nitrogens with zero attached hydrogens (tertiary/aromatic N) is 3. The fourth-order valence-electron chi connectivity index (χ4n) is 2.36. The van der Waals surface area contributed by atoms with E-state index in [2.05, 4.69) is 25.8 Å². The van der Waals surface area contributed by atoms with Gasteiger partial charge in [-0.1, -0.05) is 15.9 Å². The molecule has 1 aromatic carbocycles. The van der Waals surface area contributed by atoms with Crippen molar-refractivity contribution in [2.75, 3.05) is 32.8 Å². The maximum Gasteiger partial charge on any atom is 0.261 e. The van der Waals surface area contributed by atoms with E-state index in [1.54, 1.807) is 10.9 Å². The number of benzene rings is 1. The summed E-state index contributed by atoms with van der Waals surface area (Å²) >= 11 is 3.39. The first-order chi connectivity index (χ1) is 9.74. The van der Waals surface area contributed by atoms with Crippen LogP contribution in [0.15, 0.2) is 33.8 Å². The van der Waals surface area contributed by atoms with Crippen LogP contribution < -0.4 is 5.56 Å². The molecule has 2 heterocycles. The van der Waals surface area contributed by atoms with Gasteiger partial charge in [0, 0.05) is 30.7 Å². The summed E-state index contributed by atoms with van der Waals surface area (Å²) in [7, 11) is 0. The maximum absolute atomic E-state index is 12.4. The molecule has 0 atom stereocenters. The molecular formula is C14H16BrN3O2. The molecule has 0 radical (unpaired) electrons. The molecule has 6 heteroatoms. The molecule has 5 nitrogen and oxygen atoms in total. The fourth-order valence-corrected chi connectivity index (χ4v) is 2.73. The van der Waals surface area contributed by atoms with Gasteiger partial charge in [0.1, 0.15) is 0 Å². The minimum atomic E-state index is 0.0181. The van der Waals surface area contributed by atoms with Crippen molar-refractivity contribution in [3.8, 4) is 0 Å².